The highest BCUT2D eigenvalue weighted by Crippen LogP contribution is 2.29. The topological polar surface area (TPSA) is 95.9 Å². The number of carbonyl (C=O) groups excluding carboxylic acids is 1. The van der Waals surface area contributed by atoms with Crippen LogP contribution in [0.2, 0.25) is 0 Å². The largest absolute Gasteiger partial charge is 0.460 e. The van der Waals surface area contributed by atoms with Gasteiger partial charge in [0.2, 0.25) is 0 Å². The number of ether oxygens (including phenoxy) is 1. The maximum Gasteiger partial charge on any atom is 0.309 e. The molecule has 23 heavy (non-hydrogen) atoms. The van der Waals surface area contributed by atoms with E-state index in [4.69, 9.17) is 4.74 Å². The smallest absolute Gasteiger partial charge is 0.309 e. The number of hydrogen-bond acceptors (Lipinski definition) is 5. The Kier molecular flexibility index (Phi) is 5.71. The summed E-state index contributed by atoms with van der Waals surface area (Å²) in [4.78, 5) is 12.1. The fraction of sp³-hybridized carbons (Fsp3) is 0.933. The first-order chi connectivity index (χ1) is 10.6. The Morgan fingerprint density at radius 2 is 1.78 bits per heavy atom. The van der Waals surface area contributed by atoms with E-state index in [-0.39, 0.29) is 18.8 Å². The number of hydrogen-bond donors (Lipinski definition) is 2. The van der Waals surface area contributed by atoms with Gasteiger partial charge in [0.05, 0.1) is 12.0 Å². The SMILES string of the molecule is CC(C)(C)OC(=O)C1CC(O)C(NS(=O)(=O)N2CCCCC2)C1. The van der Waals surface area contributed by atoms with Gasteiger partial charge < -0.3 is 9.84 Å². The van der Waals surface area contributed by atoms with Gasteiger partial charge in [0.1, 0.15) is 5.60 Å². The van der Waals surface area contributed by atoms with Gasteiger partial charge in [0.25, 0.3) is 10.2 Å². The van der Waals surface area contributed by atoms with Gasteiger partial charge in [-0.25, -0.2) is 0 Å². The lowest BCUT2D eigenvalue weighted by atomic mass is 10.1. The Morgan fingerprint density at radius 1 is 1.17 bits per heavy atom. The van der Waals surface area contributed by atoms with Crippen LogP contribution in [-0.2, 0) is 19.7 Å². The zero-order valence-corrected chi connectivity index (χ0v) is 14.9. The standard InChI is InChI=1S/C15H28N2O5S/c1-15(2,3)22-14(19)11-9-12(13(18)10-11)16-23(20,21)17-7-5-4-6-8-17/h11-13,16,18H,4-10H2,1-3H3. The second kappa shape index (κ2) is 7.04. The predicted octanol–water partition coefficient (Wildman–Crippen LogP) is 0.788. The normalized spacial score (nSPS) is 30.3. The van der Waals surface area contributed by atoms with Gasteiger partial charge in [-0.15, -0.1) is 0 Å². The van der Waals surface area contributed by atoms with E-state index in [2.05, 4.69) is 4.72 Å². The molecule has 0 spiro atoms. The summed E-state index contributed by atoms with van der Waals surface area (Å²) in [6.07, 6.45) is 2.37. The van der Waals surface area contributed by atoms with E-state index in [1.165, 1.54) is 4.31 Å². The van der Waals surface area contributed by atoms with Crippen LogP contribution in [0.5, 0.6) is 0 Å². The molecule has 1 aliphatic heterocycles. The monoisotopic (exact) mass is 348 g/mol. The molecule has 0 radical (unpaired) electrons. The first kappa shape index (κ1) is 18.6. The van der Waals surface area contributed by atoms with E-state index < -0.39 is 33.9 Å². The van der Waals surface area contributed by atoms with Gasteiger partial charge in [0.15, 0.2) is 0 Å². The number of nitrogens with zero attached hydrogens (tertiary/aromatic N) is 1. The van der Waals surface area contributed by atoms with Crippen LogP contribution in [0.25, 0.3) is 0 Å². The molecule has 3 atom stereocenters. The maximum atomic E-state index is 12.4. The number of rotatable bonds is 4. The zero-order valence-electron chi connectivity index (χ0n) is 14.1. The predicted molar refractivity (Wildman–Crippen MR) is 85.8 cm³/mol. The van der Waals surface area contributed by atoms with Crippen LogP contribution in [0.3, 0.4) is 0 Å². The van der Waals surface area contributed by atoms with Crippen molar-refractivity contribution in [2.45, 2.75) is 70.6 Å². The number of nitrogens with one attached hydrogen (secondary N) is 1. The molecular weight excluding hydrogens is 320 g/mol. The number of aliphatic hydroxyl groups is 1. The van der Waals surface area contributed by atoms with Gasteiger partial charge in [-0.1, -0.05) is 6.42 Å². The minimum absolute atomic E-state index is 0.224. The van der Waals surface area contributed by atoms with Crippen LogP contribution in [0.1, 0.15) is 52.9 Å². The molecule has 0 aromatic carbocycles. The third-order valence-corrected chi connectivity index (χ3v) is 5.87. The molecule has 1 heterocycles. The first-order valence-corrected chi connectivity index (χ1v) is 9.71. The summed E-state index contributed by atoms with van der Waals surface area (Å²) in [5.41, 5.74) is -0.590. The number of carbonyl (C=O) groups is 1. The molecule has 1 saturated heterocycles. The number of aliphatic hydroxyl groups excluding tert-OH is 1. The van der Waals surface area contributed by atoms with Crippen molar-refractivity contribution in [2.75, 3.05) is 13.1 Å². The lowest BCUT2D eigenvalue weighted by molar-refractivity contribution is -0.160. The third-order valence-electron chi connectivity index (χ3n) is 4.22. The van der Waals surface area contributed by atoms with Crippen molar-refractivity contribution < 1.29 is 23.1 Å². The van der Waals surface area contributed by atoms with Crippen LogP contribution in [0, 0.1) is 5.92 Å². The molecule has 7 nitrogen and oxygen atoms in total. The van der Waals surface area contributed by atoms with E-state index in [1.807, 2.05) is 0 Å². The van der Waals surface area contributed by atoms with Gasteiger partial charge in [0, 0.05) is 19.1 Å². The summed E-state index contributed by atoms with van der Waals surface area (Å²) in [6.45, 7) is 6.37. The van der Waals surface area contributed by atoms with Crippen LogP contribution in [-0.4, -0.2) is 54.6 Å². The Balaban J connectivity index is 1.95. The molecule has 0 bridgehead atoms. The van der Waals surface area contributed by atoms with Crippen molar-refractivity contribution in [3.8, 4) is 0 Å². The Morgan fingerprint density at radius 3 is 2.35 bits per heavy atom. The molecule has 1 saturated carbocycles. The van der Waals surface area contributed by atoms with Gasteiger partial charge in [-0.2, -0.15) is 17.4 Å². The van der Waals surface area contributed by atoms with Crippen LogP contribution >= 0.6 is 0 Å². The maximum absolute atomic E-state index is 12.4. The molecule has 0 amide bonds. The van der Waals surface area contributed by atoms with Gasteiger partial charge >= 0.3 is 5.97 Å². The lowest BCUT2D eigenvalue weighted by Crippen LogP contribution is -2.49. The number of piperidine rings is 1. The second-order valence-electron chi connectivity index (χ2n) is 7.46. The number of esters is 1. The van der Waals surface area contributed by atoms with Crippen molar-refractivity contribution >= 4 is 16.2 Å². The average Bonchev–Trinajstić information content (AvgIpc) is 2.79. The highest BCUT2D eigenvalue weighted by Gasteiger charge is 2.41. The molecule has 134 valence electrons. The van der Waals surface area contributed by atoms with E-state index in [9.17, 15) is 18.3 Å². The highest BCUT2D eigenvalue weighted by atomic mass is 32.2. The van der Waals surface area contributed by atoms with Crippen molar-refractivity contribution in [2.24, 2.45) is 5.92 Å². The second-order valence-corrected chi connectivity index (χ2v) is 9.16. The Labute approximate surface area is 138 Å². The van der Waals surface area contributed by atoms with Gasteiger partial charge in [-0.3, -0.25) is 4.79 Å². The van der Waals surface area contributed by atoms with Crippen molar-refractivity contribution in [1.82, 2.24) is 9.03 Å². The summed E-state index contributed by atoms with van der Waals surface area (Å²) in [7, 11) is -3.61. The lowest BCUT2D eigenvalue weighted by Gasteiger charge is -2.28. The molecule has 8 heteroatoms. The molecule has 2 N–H and O–H groups in total. The van der Waals surface area contributed by atoms with Crippen molar-refractivity contribution in [1.29, 1.82) is 0 Å². The fourth-order valence-electron chi connectivity index (χ4n) is 3.09. The van der Waals surface area contributed by atoms with E-state index >= 15 is 0 Å². The Hall–Kier alpha value is -0.700. The van der Waals surface area contributed by atoms with E-state index in [0.29, 0.717) is 13.1 Å². The summed E-state index contributed by atoms with van der Waals surface area (Å²) >= 11 is 0. The molecule has 1 aliphatic carbocycles. The van der Waals surface area contributed by atoms with E-state index in [1.54, 1.807) is 20.8 Å². The minimum atomic E-state index is -3.61. The van der Waals surface area contributed by atoms with E-state index in [0.717, 1.165) is 19.3 Å². The zero-order chi connectivity index (χ0) is 17.3. The molecule has 0 aromatic heterocycles. The Bertz CT molecular complexity index is 522. The third kappa shape index (κ3) is 5.14. The average molecular weight is 348 g/mol. The van der Waals surface area contributed by atoms with Crippen molar-refractivity contribution in [3.63, 3.8) is 0 Å². The molecular formula is C15H28N2O5S. The van der Waals surface area contributed by atoms with Crippen LogP contribution in [0.15, 0.2) is 0 Å². The molecule has 3 unspecified atom stereocenters. The fourth-order valence-corrected chi connectivity index (χ4v) is 4.61. The molecule has 2 fully saturated rings. The summed E-state index contributed by atoms with van der Waals surface area (Å²) < 4.78 is 34.1. The highest BCUT2D eigenvalue weighted by molar-refractivity contribution is 7.87. The minimum Gasteiger partial charge on any atom is -0.460 e. The first-order valence-electron chi connectivity index (χ1n) is 8.27. The van der Waals surface area contributed by atoms with Crippen LogP contribution < -0.4 is 4.72 Å². The van der Waals surface area contributed by atoms with Crippen LogP contribution in [0.4, 0.5) is 0 Å². The molecule has 0 aromatic rings. The molecule has 2 rings (SSSR count). The summed E-state index contributed by atoms with van der Waals surface area (Å²) in [6, 6.07) is -0.639. The van der Waals surface area contributed by atoms with Crippen molar-refractivity contribution in [3.05, 3.63) is 0 Å². The quantitative estimate of drug-likeness (QED) is 0.732. The summed E-state index contributed by atoms with van der Waals surface area (Å²) in [5.74, 6) is -0.852. The molecule has 2 aliphatic rings. The summed E-state index contributed by atoms with van der Waals surface area (Å²) in [5, 5.41) is 10.1. The van der Waals surface area contributed by atoms with Gasteiger partial charge in [-0.05, 0) is 46.5 Å².